The third-order valence-electron chi connectivity index (χ3n) is 5.88. The molecule has 1 aliphatic rings. The fraction of sp³-hybridized carbons (Fsp3) is 0.526. The monoisotopic (exact) mass is 544 g/mol. The van der Waals surface area contributed by atoms with E-state index in [1.165, 1.54) is 18.6 Å². The first-order chi connectivity index (χ1) is 17.5. The first-order valence-corrected chi connectivity index (χ1v) is 12.8. The average Bonchev–Trinajstić information content (AvgIpc) is 3.21. The quantitative estimate of drug-likeness (QED) is 0.126. The van der Waals surface area contributed by atoms with Crippen LogP contribution in [0.4, 0.5) is 11.8 Å². The van der Waals surface area contributed by atoms with Gasteiger partial charge in [0.15, 0.2) is 11.2 Å². The predicted octanol–water partition coefficient (Wildman–Crippen LogP) is -2.80. The number of nitrogens with zero attached hydrogens (tertiary/aromatic N) is 5. The van der Waals surface area contributed by atoms with E-state index in [0.29, 0.717) is 5.65 Å². The molecule has 4 rings (SSSR count). The van der Waals surface area contributed by atoms with Gasteiger partial charge < -0.3 is 45.9 Å². The number of fused-ring (bicyclic) bond motifs is 1. The van der Waals surface area contributed by atoms with Crippen molar-refractivity contribution in [3.63, 3.8) is 0 Å². The molecule has 0 aliphatic heterocycles. The number of H-pyrrole nitrogens is 1. The third-order valence-corrected chi connectivity index (χ3v) is 6.36. The van der Waals surface area contributed by atoms with E-state index in [4.69, 9.17) is 31.1 Å². The normalized spacial score (nSPS) is 20.2. The van der Waals surface area contributed by atoms with Gasteiger partial charge >= 0.3 is 13.3 Å². The largest absolute Gasteiger partial charge is 0.396 e. The van der Waals surface area contributed by atoms with Gasteiger partial charge in [-0.1, -0.05) is 0 Å². The van der Waals surface area contributed by atoms with Crippen LogP contribution in [0.25, 0.3) is 11.2 Å². The van der Waals surface area contributed by atoms with Crippen molar-refractivity contribution in [1.29, 1.82) is 0 Å². The smallest absolute Gasteiger partial charge is 0.350 e. The Morgan fingerprint density at radius 3 is 2.51 bits per heavy atom. The Kier molecular flexibility index (Phi) is 9.14. The molecule has 0 spiro atoms. The Morgan fingerprint density at radius 1 is 1.19 bits per heavy atom. The number of nitrogens with one attached hydrogen (secondary N) is 1. The summed E-state index contributed by atoms with van der Waals surface area (Å²) < 4.78 is 18.3. The molecule has 18 heteroatoms. The number of anilines is 2. The lowest BCUT2D eigenvalue weighted by molar-refractivity contribution is -0.00528. The molecule has 204 valence electrons. The Labute approximate surface area is 208 Å². The van der Waals surface area contributed by atoms with Crippen LogP contribution in [-0.2, 0) is 15.8 Å². The highest BCUT2D eigenvalue weighted by Crippen LogP contribution is 2.44. The molecule has 0 unspecified atom stereocenters. The molecule has 0 amide bonds. The minimum atomic E-state index is -4.31. The van der Waals surface area contributed by atoms with Crippen LogP contribution in [-0.4, -0.2) is 86.4 Å². The molecule has 4 atom stereocenters. The van der Waals surface area contributed by atoms with Crippen molar-refractivity contribution >= 4 is 30.5 Å². The molecule has 0 aromatic carbocycles. The second-order valence-electron chi connectivity index (χ2n) is 8.42. The van der Waals surface area contributed by atoms with Crippen molar-refractivity contribution in [2.24, 2.45) is 11.8 Å². The molecular formula is C19H29N8O9P. The van der Waals surface area contributed by atoms with Crippen LogP contribution >= 0.6 is 7.60 Å². The van der Waals surface area contributed by atoms with Crippen molar-refractivity contribution in [2.45, 2.75) is 25.1 Å². The second kappa shape index (κ2) is 11.9. The maximum Gasteiger partial charge on any atom is 0.350 e. The van der Waals surface area contributed by atoms with Gasteiger partial charge in [0.05, 0.1) is 25.6 Å². The number of aromatic amines is 1. The molecule has 0 radical (unpaired) electrons. The first-order valence-electron chi connectivity index (χ1n) is 11.0. The lowest BCUT2D eigenvalue weighted by atomic mass is 9.70. The van der Waals surface area contributed by atoms with Gasteiger partial charge in [-0.3, -0.25) is 18.9 Å². The summed E-state index contributed by atoms with van der Waals surface area (Å²) in [7, 11) is -4.31. The van der Waals surface area contributed by atoms with Crippen LogP contribution in [0.5, 0.6) is 0 Å². The van der Waals surface area contributed by atoms with Gasteiger partial charge in [-0.25, -0.2) is 9.78 Å². The highest BCUT2D eigenvalue weighted by molar-refractivity contribution is 7.51. The summed E-state index contributed by atoms with van der Waals surface area (Å²) in [6.45, 7) is -0.543. The Hall–Kier alpha value is -3.18. The SMILES string of the molecule is Nc1ccn(C[C@@H](CO)OCP(=O)(O)O)c(=O)n1.Nc1nc2c(ncn2[C@H]2C[C@H](CO)[C@H]2CO)c(=O)[nH]1. The summed E-state index contributed by atoms with van der Waals surface area (Å²) in [4.78, 5) is 54.3. The van der Waals surface area contributed by atoms with Gasteiger partial charge in [0, 0.05) is 31.4 Å². The molecule has 3 aromatic heterocycles. The van der Waals surface area contributed by atoms with Crippen molar-refractivity contribution in [2.75, 3.05) is 37.6 Å². The Bertz CT molecular complexity index is 1370. The summed E-state index contributed by atoms with van der Waals surface area (Å²) in [5.41, 5.74) is 10.5. The maximum atomic E-state index is 11.7. The van der Waals surface area contributed by atoms with E-state index >= 15 is 0 Å². The van der Waals surface area contributed by atoms with E-state index < -0.39 is 32.3 Å². The van der Waals surface area contributed by atoms with Crippen LogP contribution in [0, 0.1) is 11.8 Å². The molecular weight excluding hydrogens is 515 g/mol. The first kappa shape index (κ1) is 28.4. The van der Waals surface area contributed by atoms with Gasteiger partial charge in [0.2, 0.25) is 5.95 Å². The molecule has 1 aliphatic carbocycles. The topological polar surface area (TPSA) is 278 Å². The minimum absolute atomic E-state index is 0.0131. The molecule has 10 N–H and O–H groups in total. The van der Waals surface area contributed by atoms with E-state index in [-0.39, 0.29) is 60.5 Å². The van der Waals surface area contributed by atoms with Gasteiger partial charge in [0.1, 0.15) is 12.2 Å². The number of aromatic nitrogens is 6. The molecule has 1 saturated carbocycles. The summed E-state index contributed by atoms with van der Waals surface area (Å²) in [5.74, 6) is 0.127. The number of hydrogen-bond acceptors (Lipinski definition) is 12. The number of ether oxygens (including phenoxy) is 1. The van der Waals surface area contributed by atoms with E-state index in [0.717, 1.165) is 11.0 Å². The average molecular weight is 544 g/mol. The van der Waals surface area contributed by atoms with Gasteiger partial charge in [-0.05, 0) is 18.4 Å². The zero-order chi connectivity index (χ0) is 27.3. The van der Waals surface area contributed by atoms with Crippen LogP contribution in [0.1, 0.15) is 12.5 Å². The zero-order valence-corrected chi connectivity index (χ0v) is 20.4. The fourth-order valence-electron chi connectivity index (χ4n) is 3.93. The predicted molar refractivity (Wildman–Crippen MR) is 129 cm³/mol. The molecule has 3 aromatic rings. The van der Waals surface area contributed by atoms with Crippen LogP contribution in [0.2, 0.25) is 0 Å². The van der Waals surface area contributed by atoms with E-state index in [1.54, 1.807) is 4.57 Å². The molecule has 37 heavy (non-hydrogen) atoms. The van der Waals surface area contributed by atoms with E-state index in [9.17, 15) is 24.4 Å². The van der Waals surface area contributed by atoms with Gasteiger partial charge in [-0.15, -0.1) is 0 Å². The number of aliphatic hydroxyl groups is 3. The number of nitrogen functional groups attached to an aromatic ring is 2. The lowest BCUT2D eigenvalue weighted by Gasteiger charge is -2.43. The van der Waals surface area contributed by atoms with Gasteiger partial charge in [0.25, 0.3) is 5.56 Å². The summed E-state index contributed by atoms with van der Waals surface area (Å²) >= 11 is 0. The molecule has 17 nitrogen and oxygen atoms in total. The molecule has 1 fully saturated rings. The number of imidazole rings is 1. The Morgan fingerprint density at radius 2 is 1.92 bits per heavy atom. The van der Waals surface area contributed by atoms with E-state index in [1.807, 2.05) is 0 Å². The third kappa shape index (κ3) is 6.98. The zero-order valence-electron chi connectivity index (χ0n) is 19.5. The molecule has 0 saturated heterocycles. The Balaban J connectivity index is 0.000000206. The van der Waals surface area contributed by atoms with E-state index in [2.05, 4.69) is 19.9 Å². The highest BCUT2D eigenvalue weighted by Gasteiger charge is 2.42. The summed E-state index contributed by atoms with van der Waals surface area (Å²) in [5, 5.41) is 27.5. The van der Waals surface area contributed by atoms with Crippen molar-refractivity contribution in [3.8, 4) is 0 Å². The van der Waals surface area contributed by atoms with Crippen LogP contribution < -0.4 is 22.7 Å². The fourth-order valence-corrected chi connectivity index (χ4v) is 4.34. The van der Waals surface area contributed by atoms with Gasteiger partial charge in [-0.2, -0.15) is 9.97 Å². The molecule has 0 bridgehead atoms. The maximum absolute atomic E-state index is 11.7. The second-order valence-corrected chi connectivity index (χ2v) is 10.0. The van der Waals surface area contributed by atoms with Crippen molar-refractivity contribution in [3.05, 3.63) is 39.4 Å². The molecule has 3 heterocycles. The number of rotatable bonds is 9. The minimum Gasteiger partial charge on any atom is -0.396 e. The summed E-state index contributed by atoms with van der Waals surface area (Å²) in [6.07, 6.45) is 1.87. The number of nitrogens with two attached hydrogens (primary N) is 2. The highest BCUT2D eigenvalue weighted by atomic mass is 31.2. The lowest BCUT2D eigenvalue weighted by Crippen LogP contribution is -2.42. The van der Waals surface area contributed by atoms with Crippen molar-refractivity contribution in [1.82, 2.24) is 29.1 Å². The van der Waals surface area contributed by atoms with Crippen molar-refractivity contribution < 1.29 is 34.4 Å². The number of aliphatic hydroxyl groups excluding tert-OH is 3. The standard InChI is InChI=1S/C11H15N5O3.C8H14N3O6P/c12-11-14-9-8(10(19)15-11)13-4-16(9)7-1-5(2-17)6(7)3-18;9-7-1-2-11(8(13)10-7)3-6(4-12)17-5-18(14,15)16/h4-7,17-18H,1-3H2,(H3,12,14,15,19);1-2,6,12H,3-5H2,(H2,9,10,13)(H2,14,15,16)/t5-,6-,7+;6-/m10/s1. The van der Waals surface area contributed by atoms with Crippen LogP contribution in [0.3, 0.4) is 0 Å². The van der Waals surface area contributed by atoms with Crippen LogP contribution in [0.15, 0.2) is 28.2 Å². The number of hydrogen-bond donors (Lipinski definition) is 8. The summed E-state index contributed by atoms with van der Waals surface area (Å²) in [6, 6.07) is 1.37.